The SMILES string of the molecule is CNc1ccc(-c2cnc3ccc(C(=O)O)cn23)cc1. The number of pyridine rings is 1. The Bertz CT molecular complexity index is 775. The number of aromatic carboxylic acids is 1. The molecule has 0 saturated heterocycles. The third kappa shape index (κ3) is 1.99. The van der Waals surface area contributed by atoms with Crippen molar-refractivity contribution >= 4 is 17.3 Å². The van der Waals surface area contributed by atoms with Gasteiger partial charge in [0.1, 0.15) is 5.65 Å². The zero-order chi connectivity index (χ0) is 14.1. The minimum Gasteiger partial charge on any atom is -0.478 e. The topological polar surface area (TPSA) is 66.6 Å². The van der Waals surface area contributed by atoms with Gasteiger partial charge in [0.05, 0.1) is 17.5 Å². The number of nitrogens with zero attached hydrogens (tertiary/aromatic N) is 2. The van der Waals surface area contributed by atoms with Crippen LogP contribution in [0.4, 0.5) is 5.69 Å². The van der Waals surface area contributed by atoms with E-state index in [1.54, 1.807) is 28.9 Å². The summed E-state index contributed by atoms with van der Waals surface area (Å²) in [6, 6.07) is 11.1. The van der Waals surface area contributed by atoms with Crippen molar-refractivity contribution in [3.05, 3.63) is 54.4 Å². The highest BCUT2D eigenvalue weighted by atomic mass is 16.4. The van der Waals surface area contributed by atoms with Crippen molar-refractivity contribution < 1.29 is 9.90 Å². The molecule has 0 aliphatic carbocycles. The molecule has 0 unspecified atom stereocenters. The predicted octanol–water partition coefficient (Wildman–Crippen LogP) is 2.74. The fourth-order valence-corrected chi connectivity index (χ4v) is 2.13. The van der Waals surface area contributed by atoms with E-state index in [0.717, 1.165) is 22.6 Å². The molecule has 1 aromatic carbocycles. The van der Waals surface area contributed by atoms with Gasteiger partial charge in [0.15, 0.2) is 0 Å². The number of fused-ring (bicyclic) bond motifs is 1. The number of aromatic nitrogens is 2. The number of benzene rings is 1. The van der Waals surface area contributed by atoms with Gasteiger partial charge in [-0.2, -0.15) is 0 Å². The molecule has 0 atom stereocenters. The molecule has 2 N–H and O–H groups in total. The molecule has 5 nitrogen and oxygen atoms in total. The second-order valence-corrected chi connectivity index (χ2v) is 4.42. The average Bonchev–Trinajstić information content (AvgIpc) is 2.90. The third-order valence-corrected chi connectivity index (χ3v) is 3.22. The number of carbonyl (C=O) groups is 1. The second kappa shape index (κ2) is 4.70. The number of hydrogen-bond donors (Lipinski definition) is 2. The summed E-state index contributed by atoms with van der Waals surface area (Å²) in [6.07, 6.45) is 3.33. The van der Waals surface area contributed by atoms with Gasteiger partial charge in [0.25, 0.3) is 0 Å². The molecule has 0 radical (unpaired) electrons. The quantitative estimate of drug-likeness (QED) is 0.765. The van der Waals surface area contributed by atoms with Crippen molar-refractivity contribution in [3.8, 4) is 11.3 Å². The molecule has 5 heteroatoms. The van der Waals surface area contributed by atoms with Crippen molar-refractivity contribution in [2.75, 3.05) is 12.4 Å². The summed E-state index contributed by atoms with van der Waals surface area (Å²) in [5.41, 5.74) is 3.84. The summed E-state index contributed by atoms with van der Waals surface area (Å²) < 4.78 is 1.79. The summed E-state index contributed by atoms with van der Waals surface area (Å²) in [6.45, 7) is 0. The van der Waals surface area contributed by atoms with Crippen LogP contribution < -0.4 is 5.32 Å². The molecule has 3 aromatic rings. The van der Waals surface area contributed by atoms with Gasteiger partial charge < -0.3 is 10.4 Å². The third-order valence-electron chi connectivity index (χ3n) is 3.22. The standard InChI is InChI=1S/C15H13N3O2/c1-16-12-5-2-10(3-6-12)13-8-17-14-7-4-11(15(19)20)9-18(13)14/h2-9,16H,1H3,(H,19,20). The summed E-state index contributed by atoms with van der Waals surface area (Å²) in [5.74, 6) is -0.947. The molecule has 2 heterocycles. The maximum atomic E-state index is 11.1. The Hall–Kier alpha value is -2.82. The summed E-state index contributed by atoms with van der Waals surface area (Å²) in [7, 11) is 1.86. The normalized spacial score (nSPS) is 10.7. The van der Waals surface area contributed by atoms with Crippen LogP contribution in [0.3, 0.4) is 0 Å². The van der Waals surface area contributed by atoms with Gasteiger partial charge in [-0.1, -0.05) is 12.1 Å². The van der Waals surface area contributed by atoms with Crippen LogP contribution in [0, 0.1) is 0 Å². The van der Waals surface area contributed by atoms with Crippen molar-refractivity contribution in [1.29, 1.82) is 0 Å². The van der Waals surface area contributed by atoms with E-state index < -0.39 is 5.97 Å². The van der Waals surface area contributed by atoms with Gasteiger partial charge in [0, 0.05) is 24.5 Å². The molecule has 0 aliphatic heterocycles. The number of hydrogen-bond acceptors (Lipinski definition) is 3. The van der Waals surface area contributed by atoms with E-state index in [-0.39, 0.29) is 5.56 Å². The van der Waals surface area contributed by atoms with Crippen LogP contribution in [0.15, 0.2) is 48.8 Å². The highest BCUT2D eigenvalue weighted by molar-refractivity contribution is 5.87. The summed E-state index contributed by atoms with van der Waals surface area (Å²) in [4.78, 5) is 15.3. The predicted molar refractivity (Wildman–Crippen MR) is 77.1 cm³/mol. The molecule has 0 fully saturated rings. The maximum Gasteiger partial charge on any atom is 0.337 e. The average molecular weight is 267 g/mol. The van der Waals surface area contributed by atoms with Crippen molar-refractivity contribution in [3.63, 3.8) is 0 Å². The van der Waals surface area contributed by atoms with E-state index in [1.807, 2.05) is 31.3 Å². The summed E-state index contributed by atoms with van der Waals surface area (Å²) in [5, 5.41) is 12.1. The lowest BCUT2D eigenvalue weighted by molar-refractivity contribution is 0.0696. The number of nitrogens with one attached hydrogen (secondary N) is 1. The molecule has 0 saturated carbocycles. The maximum absolute atomic E-state index is 11.1. The first kappa shape index (κ1) is 12.2. The molecule has 3 rings (SSSR count). The Morgan fingerprint density at radius 1 is 1.20 bits per heavy atom. The molecule has 20 heavy (non-hydrogen) atoms. The van der Waals surface area contributed by atoms with Gasteiger partial charge >= 0.3 is 5.97 Å². The van der Waals surface area contributed by atoms with E-state index in [0.29, 0.717) is 0 Å². The minimum atomic E-state index is -0.947. The van der Waals surface area contributed by atoms with E-state index in [1.165, 1.54) is 0 Å². The first-order valence-electron chi connectivity index (χ1n) is 6.17. The van der Waals surface area contributed by atoms with Gasteiger partial charge in [-0.25, -0.2) is 9.78 Å². The monoisotopic (exact) mass is 267 g/mol. The first-order valence-corrected chi connectivity index (χ1v) is 6.17. The Morgan fingerprint density at radius 2 is 1.95 bits per heavy atom. The molecule has 0 spiro atoms. The first-order chi connectivity index (χ1) is 9.69. The fourth-order valence-electron chi connectivity index (χ4n) is 2.13. The largest absolute Gasteiger partial charge is 0.478 e. The molecule has 100 valence electrons. The smallest absolute Gasteiger partial charge is 0.337 e. The highest BCUT2D eigenvalue weighted by Crippen LogP contribution is 2.23. The van der Waals surface area contributed by atoms with Crippen LogP contribution in [0.1, 0.15) is 10.4 Å². The Balaban J connectivity index is 2.14. The lowest BCUT2D eigenvalue weighted by atomic mass is 10.1. The molecular weight excluding hydrogens is 254 g/mol. The Morgan fingerprint density at radius 3 is 2.60 bits per heavy atom. The van der Waals surface area contributed by atoms with Crippen molar-refractivity contribution in [2.45, 2.75) is 0 Å². The zero-order valence-electron chi connectivity index (χ0n) is 10.9. The zero-order valence-corrected chi connectivity index (χ0v) is 10.9. The van der Waals surface area contributed by atoms with E-state index in [2.05, 4.69) is 10.3 Å². The number of anilines is 1. The van der Waals surface area contributed by atoms with Crippen LogP contribution in [0.5, 0.6) is 0 Å². The molecule has 0 bridgehead atoms. The van der Waals surface area contributed by atoms with Gasteiger partial charge in [0.2, 0.25) is 0 Å². The van der Waals surface area contributed by atoms with Crippen molar-refractivity contribution in [1.82, 2.24) is 9.38 Å². The van der Waals surface area contributed by atoms with Crippen LogP contribution in [0.2, 0.25) is 0 Å². The fraction of sp³-hybridized carbons (Fsp3) is 0.0667. The van der Waals surface area contributed by atoms with E-state index >= 15 is 0 Å². The van der Waals surface area contributed by atoms with E-state index in [9.17, 15) is 4.79 Å². The molecular formula is C15H13N3O2. The molecule has 2 aromatic heterocycles. The highest BCUT2D eigenvalue weighted by Gasteiger charge is 2.09. The molecule has 0 amide bonds. The Kier molecular flexibility index (Phi) is 2.87. The summed E-state index contributed by atoms with van der Waals surface area (Å²) >= 11 is 0. The lowest BCUT2D eigenvalue weighted by Crippen LogP contribution is -1.99. The van der Waals surface area contributed by atoms with Crippen LogP contribution in [-0.2, 0) is 0 Å². The van der Waals surface area contributed by atoms with Crippen LogP contribution >= 0.6 is 0 Å². The van der Waals surface area contributed by atoms with Crippen LogP contribution in [0.25, 0.3) is 16.9 Å². The number of carboxylic acids is 1. The van der Waals surface area contributed by atoms with Gasteiger partial charge in [-0.15, -0.1) is 0 Å². The van der Waals surface area contributed by atoms with Crippen molar-refractivity contribution in [2.24, 2.45) is 0 Å². The lowest BCUT2D eigenvalue weighted by Gasteiger charge is -2.05. The van der Waals surface area contributed by atoms with Gasteiger partial charge in [-0.05, 0) is 24.3 Å². The molecule has 0 aliphatic rings. The van der Waals surface area contributed by atoms with Crippen LogP contribution in [-0.4, -0.2) is 27.5 Å². The Labute approximate surface area is 115 Å². The number of imidazole rings is 1. The van der Waals surface area contributed by atoms with Gasteiger partial charge in [-0.3, -0.25) is 4.40 Å². The van der Waals surface area contributed by atoms with E-state index in [4.69, 9.17) is 5.11 Å². The second-order valence-electron chi connectivity index (χ2n) is 4.42. The number of rotatable bonds is 3. The minimum absolute atomic E-state index is 0.239. The number of carboxylic acid groups (broad SMARTS) is 1.